The van der Waals surface area contributed by atoms with Gasteiger partial charge >= 0.3 is 5.92 Å². The Morgan fingerprint density at radius 1 is 0.935 bits per heavy atom. The smallest absolute Gasteiger partial charge is 0.301 e. The lowest BCUT2D eigenvalue weighted by molar-refractivity contribution is -0.137. The maximum atomic E-state index is 15.2. The second-order valence-corrected chi connectivity index (χ2v) is 17.6. The summed E-state index contributed by atoms with van der Waals surface area (Å²) in [5.74, 6) is -3.74. The van der Waals surface area contributed by atoms with Crippen LogP contribution in [0.4, 0.5) is 37.3 Å². The minimum absolute atomic E-state index is 0.111. The molecular weight excluding hydrogens is 822 g/mol. The highest BCUT2D eigenvalue weighted by molar-refractivity contribution is 6.33. The minimum Gasteiger partial charge on any atom is -0.480 e. The predicted octanol–water partition coefficient (Wildman–Crippen LogP) is 5.52. The zero-order valence-electron chi connectivity index (χ0n) is 34.4. The Kier molecular flexibility index (Phi) is 9.99. The number of halogens is 3. The number of pyridine rings is 2. The molecule has 5 aromatic rings. The first-order valence-electron chi connectivity index (χ1n) is 21.3. The number of piperazine rings is 1. The maximum Gasteiger partial charge on any atom is 0.301 e. The molecule has 1 unspecified atom stereocenters. The van der Waals surface area contributed by atoms with E-state index in [1.807, 2.05) is 47.0 Å². The van der Waals surface area contributed by atoms with Gasteiger partial charge in [0.15, 0.2) is 6.61 Å². The number of para-hydroxylation sites is 1. The van der Waals surface area contributed by atoms with Gasteiger partial charge in [0.1, 0.15) is 5.82 Å². The lowest BCUT2D eigenvalue weighted by Gasteiger charge is -2.39. The van der Waals surface area contributed by atoms with Crippen molar-refractivity contribution in [1.29, 1.82) is 0 Å². The maximum absolute atomic E-state index is 15.2. The summed E-state index contributed by atoms with van der Waals surface area (Å²) in [6, 6.07) is 12.1. The van der Waals surface area contributed by atoms with E-state index in [-0.39, 0.29) is 47.4 Å². The van der Waals surface area contributed by atoms with Gasteiger partial charge in [0.05, 0.1) is 57.0 Å². The van der Waals surface area contributed by atoms with Crippen molar-refractivity contribution >= 4 is 79.7 Å². The summed E-state index contributed by atoms with van der Waals surface area (Å²) in [5.41, 5.74) is 4.20. The van der Waals surface area contributed by atoms with Crippen molar-refractivity contribution in [3.8, 4) is 5.75 Å². The molecule has 10 rings (SSSR count). The number of carbonyl (C=O) groups excluding carboxylic acids is 3. The quantitative estimate of drug-likeness (QED) is 0.177. The molecule has 0 bridgehead atoms. The van der Waals surface area contributed by atoms with Gasteiger partial charge in [0.2, 0.25) is 23.5 Å². The summed E-state index contributed by atoms with van der Waals surface area (Å²) >= 11 is 6.67. The summed E-state index contributed by atoms with van der Waals surface area (Å²) in [6.45, 7) is 2.90. The van der Waals surface area contributed by atoms with Crippen LogP contribution in [0.1, 0.15) is 50.1 Å². The number of hydrogen-bond donors (Lipinski definition) is 3. The minimum atomic E-state index is -3.14. The molecule has 3 aromatic heterocycles. The monoisotopic (exact) mass is 868 g/mol. The highest BCUT2D eigenvalue weighted by Gasteiger charge is 2.51. The average molecular weight is 869 g/mol. The van der Waals surface area contributed by atoms with Gasteiger partial charge in [0.25, 0.3) is 5.56 Å². The van der Waals surface area contributed by atoms with Crippen molar-refractivity contribution in [2.45, 2.75) is 56.4 Å². The summed E-state index contributed by atoms with van der Waals surface area (Å²) < 4.78 is 39.1. The summed E-state index contributed by atoms with van der Waals surface area (Å²) in [5, 5.41) is 15.5. The van der Waals surface area contributed by atoms with E-state index in [1.54, 1.807) is 19.3 Å². The summed E-state index contributed by atoms with van der Waals surface area (Å²) in [6.07, 6.45) is 5.04. The third-order valence-corrected chi connectivity index (χ3v) is 13.6. The molecule has 2 aromatic carbocycles. The van der Waals surface area contributed by atoms with Crippen LogP contribution in [0.2, 0.25) is 5.02 Å². The van der Waals surface area contributed by atoms with Gasteiger partial charge in [-0.2, -0.15) is 5.10 Å². The number of ether oxygens (including phenoxy) is 1. The molecule has 0 spiro atoms. The van der Waals surface area contributed by atoms with Crippen LogP contribution in [0.5, 0.6) is 5.75 Å². The Morgan fingerprint density at radius 2 is 1.71 bits per heavy atom. The van der Waals surface area contributed by atoms with E-state index >= 15 is 8.78 Å². The number of rotatable bonds is 7. The molecule has 324 valence electrons. The molecule has 1 saturated carbocycles. The molecule has 3 amide bonds. The lowest BCUT2D eigenvalue weighted by Crippen LogP contribution is -2.51. The Balaban J connectivity index is 0.791. The number of alkyl halides is 2. The molecule has 15 nitrogen and oxygen atoms in total. The number of anilines is 5. The molecule has 2 atom stereocenters. The highest BCUT2D eigenvalue weighted by atomic mass is 35.5. The van der Waals surface area contributed by atoms with E-state index < -0.39 is 30.0 Å². The van der Waals surface area contributed by atoms with Crippen LogP contribution >= 0.6 is 11.6 Å². The van der Waals surface area contributed by atoms with E-state index in [1.165, 1.54) is 4.57 Å². The molecule has 5 aliphatic rings. The van der Waals surface area contributed by atoms with Crippen molar-refractivity contribution in [2.24, 2.45) is 25.9 Å². The fourth-order valence-corrected chi connectivity index (χ4v) is 9.88. The van der Waals surface area contributed by atoms with Gasteiger partial charge in [-0.3, -0.25) is 29.2 Å². The molecule has 3 saturated heterocycles. The van der Waals surface area contributed by atoms with Gasteiger partial charge in [-0.25, -0.2) is 13.8 Å². The van der Waals surface area contributed by atoms with Crippen LogP contribution in [-0.4, -0.2) is 99.8 Å². The van der Waals surface area contributed by atoms with Crippen LogP contribution in [0, 0.1) is 11.8 Å². The summed E-state index contributed by atoms with van der Waals surface area (Å²) in [4.78, 5) is 62.6. The van der Waals surface area contributed by atoms with E-state index in [9.17, 15) is 19.2 Å². The second-order valence-electron chi connectivity index (χ2n) is 17.2. The molecule has 3 N–H and O–H groups in total. The molecular formula is C44H47ClF2N10O5. The topological polar surface area (TPSA) is 159 Å². The molecule has 4 aliphatic heterocycles. The van der Waals surface area contributed by atoms with Crippen molar-refractivity contribution in [2.75, 3.05) is 66.3 Å². The number of hydrogen-bond acceptors (Lipinski definition) is 11. The van der Waals surface area contributed by atoms with Crippen LogP contribution in [0.15, 0.2) is 53.5 Å². The van der Waals surface area contributed by atoms with Gasteiger partial charge in [-0.15, -0.1) is 0 Å². The number of nitrogens with zero attached hydrogens (tertiary/aromatic N) is 7. The Bertz CT molecular complexity index is 2700. The number of carbonyl (C=O) groups is 3. The fourth-order valence-electron chi connectivity index (χ4n) is 9.73. The number of imide groups is 1. The van der Waals surface area contributed by atoms with Gasteiger partial charge in [-0.05, 0) is 62.3 Å². The van der Waals surface area contributed by atoms with Crippen LogP contribution in [-0.2, 0) is 28.5 Å². The van der Waals surface area contributed by atoms with Gasteiger partial charge in [0, 0.05) is 88.2 Å². The van der Waals surface area contributed by atoms with Crippen molar-refractivity contribution in [3.05, 3.63) is 69.7 Å². The molecule has 0 radical (unpaired) electrons. The molecule has 1 aliphatic carbocycles. The number of aryl methyl sites for hydroxylation is 2. The van der Waals surface area contributed by atoms with Gasteiger partial charge in [-0.1, -0.05) is 23.7 Å². The zero-order chi connectivity index (χ0) is 43.0. The highest BCUT2D eigenvalue weighted by Crippen LogP contribution is 2.46. The van der Waals surface area contributed by atoms with Crippen LogP contribution in [0.3, 0.4) is 0 Å². The second kappa shape index (κ2) is 15.4. The van der Waals surface area contributed by atoms with Crippen molar-refractivity contribution in [3.63, 3.8) is 0 Å². The average Bonchev–Trinajstić information content (AvgIpc) is 4.07. The SMILES string of the molecule is Cn1nc(C2CCC(=O)NC2=O)c2cccc(N3CCN(C(=O)C4CCN(c5cc(Nc6ccc7c(c6)c6c(c(=O)n7C)OCC(F)(F)[C@H](C7CC7)N6)c(Cl)cn5)CC4)CC3)c21. The first-order valence-corrected chi connectivity index (χ1v) is 21.7. The third kappa shape index (κ3) is 7.13. The Labute approximate surface area is 360 Å². The third-order valence-electron chi connectivity index (χ3n) is 13.3. The predicted molar refractivity (Wildman–Crippen MR) is 232 cm³/mol. The normalized spacial score (nSPS) is 21.9. The summed E-state index contributed by atoms with van der Waals surface area (Å²) in [7, 11) is 3.47. The molecule has 18 heteroatoms. The Morgan fingerprint density at radius 3 is 2.45 bits per heavy atom. The number of nitrogens with one attached hydrogen (secondary N) is 3. The molecule has 7 heterocycles. The molecule has 62 heavy (non-hydrogen) atoms. The number of aromatic nitrogens is 4. The van der Waals surface area contributed by atoms with Crippen LogP contribution in [0.25, 0.3) is 21.8 Å². The van der Waals surface area contributed by atoms with E-state index in [2.05, 4.69) is 36.8 Å². The van der Waals surface area contributed by atoms with Crippen LogP contribution < -0.4 is 36.0 Å². The number of benzene rings is 2. The molecule has 4 fully saturated rings. The largest absolute Gasteiger partial charge is 0.480 e. The first kappa shape index (κ1) is 40.1. The number of piperidine rings is 2. The number of fused-ring (bicyclic) bond motifs is 4. The van der Waals surface area contributed by atoms with E-state index in [0.29, 0.717) is 110 Å². The zero-order valence-corrected chi connectivity index (χ0v) is 35.2. The first-order chi connectivity index (χ1) is 29.8. The fraction of sp³-hybridized carbons (Fsp3) is 0.455. The van der Waals surface area contributed by atoms with E-state index in [4.69, 9.17) is 21.4 Å². The van der Waals surface area contributed by atoms with Crippen molar-refractivity contribution < 1.29 is 27.9 Å². The lowest BCUT2D eigenvalue weighted by atomic mass is 9.92. The van der Waals surface area contributed by atoms with Crippen molar-refractivity contribution in [1.82, 2.24) is 29.5 Å². The standard InChI is InChI=1S/C44H47ClF2N10O5/c1-53-32-10-8-26(20-29(32)37-39(43(53)61)62-23-44(46,47)40(51-37)24-6-7-24)49-31-21-34(48-22-30(31)45)56-14-12-25(13-15-56)42(60)57-18-16-55(17-19-57)33-5-3-4-27-36(52-54(2)38(27)33)28-9-11-35(58)50-41(28)59/h3-5,8,10,20-22,24-25,28,40,51H,6-7,9,11-19,23H2,1-2H3,(H,48,49)(H,50,58,59)/t28?,40-/m0/s1. The Hall–Kier alpha value is -5.97. The van der Waals surface area contributed by atoms with E-state index in [0.717, 1.165) is 16.6 Å². The number of amides is 3. The van der Waals surface area contributed by atoms with Gasteiger partial charge < -0.3 is 34.6 Å².